The first-order valence-corrected chi connectivity index (χ1v) is 8.86. The molecule has 142 valence electrons. The zero-order valence-corrected chi connectivity index (χ0v) is 17.9. The molecule has 0 saturated carbocycles. The first-order chi connectivity index (χ1) is 12.1. The summed E-state index contributed by atoms with van der Waals surface area (Å²) in [5, 5.41) is 7.10. The van der Waals surface area contributed by atoms with Crippen molar-refractivity contribution in [2.75, 3.05) is 20.0 Å². The van der Waals surface area contributed by atoms with Crippen molar-refractivity contribution in [1.82, 2.24) is 14.6 Å². The van der Waals surface area contributed by atoms with Crippen molar-refractivity contribution in [3.05, 3.63) is 11.1 Å². The number of rotatable bonds is 6. The van der Waals surface area contributed by atoms with E-state index in [2.05, 4.69) is 25.0 Å². The Labute approximate surface area is 179 Å². The topological polar surface area (TPSA) is 193 Å². The number of β-lactam (4-membered cyclic amide) rings is 1. The smallest absolute Gasteiger partial charge is 0.731 e. The van der Waals surface area contributed by atoms with E-state index in [0.29, 0.717) is 0 Å². The van der Waals surface area contributed by atoms with Gasteiger partial charge in [-0.1, -0.05) is 5.16 Å². The molecule has 1 fully saturated rings. The average Bonchev–Trinajstić information content (AvgIpc) is 2.98. The van der Waals surface area contributed by atoms with E-state index in [1.165, 1.54) is 5.38 Å². The number of esters is 1. The van der Waals surface area contributed by atoms with Crippen LogP contribution in [0.4, 0.5) is 5.13 Å². The van der Waals surface area contributed by atoms with Crippen molar-refractivity contribution < 1.29 is 66.5 Å². The number of carbonyl (C=O) groups is 3. The summed E-state index contributed by atoms with van der Waals surface area (Å²) in [4.78, 5) is 44.4. The predicted octanol–water partition coefficient (Wildman–Crippen LogP) is -5.59. The van der Waals surface area contributed by atoms with E-state index in [0.717, 1.165) is 25.6 Å². The maximum atomic E-state index is 12.4. The molecule has 2 rings (SSSR count). The van der Waals surface area contributed by atoms with Crippen LogP contribution in [0.2, 0.25) is 0 Å². The fourth-order valence-corrected chi connectivity index (χ4v) is 3.47. The molecule has 3 N–H and O–H groups in total. The molecular weight excluding hydrogens is 417 g/mol. The molecule has 1 aromatic heterocycles. The van der Waals surface area contributed by atoms with Gasteiger partial charge >= 0.3 is 35.5 Å². The second-order valence-corrected chi connectivity index (χ2v) is 6.84. The Morgan fingerprint density at radius 1 is 1.44 bits per heavy atom. The summed E-state index contributed by atoms with van der Waals surface area (Å²) in [5.74, 6) is -3.50. The summed E-state index contributed by atoms with van der Waals surface area (Å²) in [6, 6.07) is -3.47. The maximum Gasteiger partial charge on any atom is 1.00 e. The Morgan fingerprint density at radius 2 is 2.07 bits per heavy atom. The minimum atomic E-state index is -5.27. The largest absolute Gasteiger partial charge is 1.00 e. The molecular formula is C11H12N5NaO8S2. The monoisotopic (exact) mass is 429 g/mol. The van der Waals surface area contributed by atoms with E-state index in [-0.39, 0.29) is 50.4 Å². The van der Waals surface area contributed by atoms with E-state index in [9.17, 15) is 27.4 Å². The molecule has 27 heavy (non-hydrogen) atoms. The van der Waals surface area contributed by atoms with E-state index >= 15 is 0 Å². The number of nitrogens with one attached hydrogen (secondary N) is 1. The van der Waals surface area contributed by atoms with Crippen LogP contribution in [0.25, 0.3) is 0 Å². The van der Waals surface area contributed by atoms with Gasteiger partial charge in [0.15, 0.2) is 27.2 Å². The number of nitrogens with two attached hydrogens (primary N) is 1. The molecule has 2 unspecified atom stereocenters. The number of anilines is 1. The summed E-state index contributed by atoms with van der Waals surface area (Å²) >= 11 is 1.01. The van der Waals surface area contributed by atoms with Gasteiger partial charge in [-0.05, 0) is 0 Å². The van der Waals surface area contributed by atoms with Crippen molar-refractivity contribution in [2.24, 2.45) is 5.16 Å². The second kappa shape index (κ2) is 8.94. The van der Waals surface area contributed by atoms with Crippen LogP contribution >= 0.6 is 11.3 Å². The van der Waals surface area contributed by atoms with Crippen LogP contribution in [-0.2, 0) is 34.3 Å². The Balaban J connectivity index is 0.00000364. The third kappa shape index (κ3) is 4.74. The van der Waals surface area contributed by atoms with Gasteiger partial charge in [-0.2, -0.15) is 0 Å². The van der Waals surface area contributed by atoms with Crippen LogP contribution < -0.4 is 40.6 Å². The SMILES string of the molecule is CON=C(C(=O)NC1C(=O)N(S(=O)(=O)[O-])C1C(=O)OC)c1csc(N)n1.[Na+]. The number of thiazole rings is 1. The zero-order chi connectivity index (χ0) is 19.6. The molecule has 1 aliphatic rings. The van der Waals surface area contributed by atoms with Gasteiger partial charge in [-0.15, -0.1) is 11.3 Å². The summed E-state index contributed by atoms with van der Waals surface area (Å²) in [7, 11) is -3.19. The van der Waals surface area contributed by atoms with Gasteiger partial charge in [0.25, 0.3) is 11.8 Å². The molecule has 2 atom stereocenters. The number of carbonyl (C=O) groups excluding carboxylic acids is 3. The van der Waals surface area contributed by atoms with Crippen LogP contribution in [0.1, 0.15) is 5.69 Å². The number of nitrogen functional groups attached to an aromatic ring is 1. The van der Waals surface area contributed by atoms with Gasteiger partial charge in [0, 0.05) is 5.38 Å². The second-order valence-electron chi connectivity index (χ2n) is 4.70. The first kappa shape index (κ1) is 23.3. The van der Waals surface area contributed by atoms with Gasteiger partial charge < -0.3 is 25.2 Å². The van der Waals surface area contributed by atoms with Gasteiger partial charge in [-0.25, -0.2) is 22.5 Å². The Bertz CT molecular complexity index is 885. The molecule has 0 aromatic carbocycles. The minimum Gasteiger partial charge on any atom is -0.731 e. The van der Waals surface area contributed by atoms with Gasteiger partial charge in [-0.3, -0.25) is 9.59 Å². The molecule has 2 amide bonds. The number of methoxy groups -OCH3 is 1. The predicted molar refractivity (Wildman–Crippen MR) is 84.4 cm³/mol. The van der Waals surface area contributed by atoms with Crippen molar-refractivity contribution in [2.45, 2.75) is 12.1 Å². The van der Waals surface area contributed by atoms with Gasteiger partial charge in [0.05, 0.1) is 7.11 Å². The molecule has 0 spiro atoms. The molecule has 1 saturated heterocycles. The van der Waals surface area contributed by atoms with Gasteiger partial charge in [0.2, 0.25) is 0 Å². The Morgan fingerprint density at radius 3 is 2.52 bits per heavy atom. The maximum absolute atomic E-state index is 12.4. The number of aromatic nitrogens is 1. The van der Waals surface area contributed by atoms with E-state index in [1.807, 2.05) is 0 Å². The van der Waals surface area contributed by atoms with Crippen molar-refractivity contribution >= 4 is 50.3 Å². The summed E-state index contributed by atoms with van der Waals surface area (Å²) in [6.07, 6.45) is 0. The Hall–Kier alpha value is -1.78. The number of hydrogen-bond donors (Lipinski definition) is 2. The fraction of sp³-hybridized carbons (Fsp3) is 0.364. The van der Waals surface area contributed by atoms with Crippen molar-refractivity contribution in [3.8, 4) is 0 Å². The Kier molecular flexibility index (Phi) is 7.70. The average molecular weight is 429 g/mol. The number of nitrogens with zero attached hydrogens (tertiary/aromatic N) is 3. The standard InChI is InChI=1S/C11H13N5O8S2.Na/c1-23-10(19)7-6(9(18)16(7)26(20,21)22)14-8(17)5(15-24-2)4-3-25-11(12)13-4;/h3,6-7H,1-2H3,(H2,12,13)(H,14,17)(H,20,21,22);/q;+1/p-1. The van der Waals surface area contributed by atoms with Crippen LogP contribution in [-0.4, -0.2) is 72.1 Å². The number of hydrogen-bond acceptors (Lipinski definition) is 12. The summed E-state index contributed by atoms with van der Waals surface area (Å²) in [5.41, 5.74) is 5.13. The number of ether oxygens (including phenoxy) is 1. The quantitative estimate of drug-likeness (QED) is 0.110. The molecule has 0 aliphatic carbocycles. The fourth-order valence-electron chi connectivity index (χ4n) is 2.11. The molecule has 0 radical (unpaired) electrons. The van der Waals surface area contributed by atoms with Gasteiger partial charge in [0.1, 0.15) is 18.8 Å². The van der Waals surface area contributed by atoms with E-state index in [4.69, 9.17) is 5.73 Å². The normalized spacial score (nSPS) is 19.6. The van der Waals surface area contributed by atoms with E-state index < -0.39 is 40.2 Å². The first-order valence-electron chi connectivity index (χ1n) is 6.62. The third-order valence-electron chi connectivity index (χ3n) is 3.18. The molecule has 1 aliphatic heterocycles. The van der Waals surface area contributed by atoms with Crippen LogP contribution in [0.5, 0.6) is 0 Å². The molecule has 0 bridgehead atoms. The van der Waals surface area contributed by atoms with Crippen LogP contribution in [0, 0.1) is 0 Å². The zero-order valence-electron chi connectivity index (χ0n) is 14.2. The molecule has 2 heterocycles. The van der Waals surface area contributed by atoms with Crippen molar-refractivity contribution in [3.63, 3.8) is 0 Å². The van der Waals surface area contributed by atoms with Crippen LogP contribution in [0.15, 0.2) is 10.5 Å². The summed E-state index contributed by atoms with van der Waals surface area (Å²) in [6.45, 7) is 0. The summed E-state index contributed by atoms with van der Waals surface area (Å²) < 4.78 is 37.5. The van der Waals surface area contributed by atoms with Crippen molar-refractivity contribution in [1.29, 1.82) is 0 Å². The third-order valence-corrected chi connectivity index (χ3v) is 4.75. The molecule has 1 aromatic rings. The molecule has 16 heteroatoms. The number of amides is 2. The minimum absolute atomic E-state index is 0. The molecule has 13 nitrogen and oxygen atoms in total. The van der Waals surface area contributed by atoms with Crippen LogP contribution in [0.3, 0.4) is 0 Å². The number of oxime groups is 1. The van der Waals surface area contributed by atoms with E-state index in [1.54, 1.807) is 0 Å².